The monoisotopic (exact) mass is 1040 g/mol. The fraction of sp³-hybridized carbons (Fsp3) is 0.114. The van der Waals surface area contributed by atoms with Crippen LogP contribution >= 0.6 is 0 Å². The van der Waals surface area contributed by atoms with Gasteiger partial charge in [-0.2, -0.15) is 26.3 Å². The predicted octanol–water partition coefficient (Wildman–Crippen LogP) is 19.3. The van der Waals surface area contributed by atoms with E-state index in [1.54, 1.807) is 13.8 Å². The van der Waals surface area contributed by atoms with Gasteiger partial charge in [0.15, 0.2) is 0 Å². The minimum Gasteiger partial charge on any atom is -0.251 e. The molecular formula is C70H54F6N2. The summed E-state index contributed by atoms with van der Waals surface area (Å²) in [7, 11) is 0. The molecule has 8 heteroatoms. The van der Waals surface area contributed by atoms with Crippen molar-refractivity contribution >= 4 is 22.8 Å². The van der Waals surface area contributed by atoms with Crippen LogP contribution in [-0.4, -0.2) is 11.4 Å². The van der Waals surface area contributed by atoms with Gasteiger partial charge in [-0.25, -0.2) is 0 Å². The Hall–Kier alpha value is -8.88. The summed E-state index contributed by atoms with van der Waals surface area (Å²) in [4.78, 5) is 11.0. The zero-order chi connectivity index (χ0) is 54.2. The zero-order valence-electron chi connectivity index (χ0n) is 42.9. The fourth-order valence-corrected chi connectivity index (χ4v) is 10.7. The molecule has 0 amide bonds. The number of aliphatic imine (C=N–C) groups is 2. The Balaban J connectivity index is 1.32. The van der Waals surface area contributed by atoms with Crippen molar-refractivity contribution in [3.63, 3.8) is 0 Å². The summed E-state index contributed by atoms with van der Waals surface area (Å²) in [5.41, 5.74) is 6.97. The van der Waals surface area contributed by atoms with Crippen LogP contribution in [0.2, 0.25) is 0 Å². The van der Waals surface area contributed by atoms with E-state index in [0.29, 0.717) is 45.1 Å². The molecule has 0 aromatic heterocycles. The van der Waals surface area contributed by atoms with Crippen molar-refractivity contribution in [1.82, 2.24) is 0 Å². The summed E-state index contributed by atoms with van der Waals surface area (Å²) in [5, 5.41) is 0. The SMILES string of the molecule is CC(=Nc1c(C(c2ccccc2)c2ccccc2)cc(C(F)(F)F)cc1C(c1ccccc1)c1ccccc1)C(C)=Nc1c(C(c2ccccc2)c2ccccc2)cc(C(F)(F)F)cc1C(c1ccccc1)c1ccccc1. The minimum absolute atomic E-state index is 0.316. The third-order valence-electron chi connectivity index (χ3n) is 14.4. The molecule has 0 bridgehead atoms. The number of benzene rings is 10. The van der Waals surface area contributed by atoms with Crippen LogP contribution in [0.3, 0.4) is 0 Å². The largest absolute Gasteiger partial charge is 0.416 e. The quantitative estimate of drug-likeness (QED) is 0.0555. The van der Waals surface area contributed by atoms with E-state index in [0.717, 1.165) is 44.5 Å². The van der Waals surface area contributed by atoms with Crippen LogP contribution in [0.4, 0.5) is 37.7 Å². The summed E-state index contributed by atoms with van der Waals surface area (Å²) >= 11 is 0. The Morgan fingerprint density at radius 3 is 0.564 bits per heavy atom. The summed E-state index contributed by atoms with van der Waals surface area (Å²) in [5.74, 6) is -2.92. The average molecular weight is 1040 g/mol. The first-order valence-electron chi connectivity index (χ1n) is 25.8. The highest BCUT2D eigenvalue weighted by atomic mass is 19.4. The molecule has 0 aliphatic rings. The van der Waals surface area contributed by atoms with Crippen molar-refractivity contribution in [3.8, 4) is 0 Å². The van der Waals surface area contributed by atoms with Crippen LogP contribution in [0, 0.1) is 0 Å². The smallest absolute Gasteiger partial charge is 0.251 e. The lowest BCUT2D eigenvalue weighted by atomic mass is 9.78. The molecule has 78 heavy (non-hydrogen) atoms. The molecule has 0 radical (unpaired) electrons. The second-order valence-electron chi connectivity index (χ2n) is 19.4. The van der Waals surface area contributed by atoms with Gasteiger partial charge in [0.2, 0.25) is 0 Å². The average Bonchev–Trinajstić information content (AvgIpc) is 3.55. The molecule has 0 heterocycles. The number of hydrogen-bond donors (Lipinski definition) is 0. The van der Waals surface area contributed by atoms with Crippen molar-refractivity contribution in [2.45, 2.75) is 49.9 Å². The molecule has 2 nitrogen and oxygen atoms in total. The molecule has 10 rings (SSSR count). The molecule has 0 atom stereocenters. The van der Waals surface area contributed by atoms with Crippen molar-refractivity contribution in [3.05, 3.63) is 345 Å². The molecule has 0 N–H and O–H groups in total. The maximum Gasteiger partial charge on any atom is 0.416 e. The molecule has 0 aliphatic heterocycles. The number of alkyl halides is 6. The number of hydrogen-bond acceptors (Lipinski definition) is 2. The van der Waals surface area contributed by atoms with Gasteiger partial charge in [-0.15, -0.1) is 0 Å². The van der Waals surface area contributed by atoms with Gasteiger partial charge in [-0.1, -0.05) is 243 Å². The lowest BCUT2D eigenvalue weighted by Crippen LogP contribution is -2.15. The van der Waals surface area contributed by atoms with Crippen LogP contribution in [-0.2, 0) is 12.4 Å². The highest BCUT2D eigenvalue weighted by Crippen LogP contribution is 2.50. The third kappa shape index (κ3) is 11.6. The summed E-state index contributed by atoms with van der Waals surface area (Å²) in [6, 6.07) is 80.4. The van der Waals surface area contributed by atoms with Crippen LogP contribution in [0.1, 0.15) is 115 Å². The van der Waals surface area contributed by atoms with Gasteiger partial charge in [0.1, 0.15) is 0 Å². The standard InChI is InChI=1S/C70H54F6N2/c1-47(77-67-59(63(49-27-11-3-12-28-49)50-29-13-4-14-30-50)43-57(69(71,72)73)44-60(67)64(51-31-15-5-16-32-51)52-33-17-6-18-34-52)48(2)78-68-61(65(53-35-19-7-20-36-53)54-37-21-8-22-38-54)45-58(70(74,75)76)46-62(68)66(55-39-23-9-24-40-55)56-41-25-10-26-42-56/h3-46,63-66H,1-2H3. The molecule has 10 aromatic rings. The second-order valence-corrected chi connectivity index (χ2v) is 19.4. The highest BCUT2D eigenvalue weighted by Gasteiger charge is 2.38. The van der Waals surface area contributed by atoms with E-state index in [4.69, 9.17) is 9.98 Å². The number of halogens is 6. The van der Waals surface area contributed by atoms with Crippen molar-refractivity contribution in [1.29, 1.82) is 0 Å². The fourth-order valence-electron chi connectivity index (χ4n) is 10.7. The van der Waals surface area contributed by atoms with E-state index in [-0.39, 0.29) is 0 Å². The van der Waals surface area contributed by atoms with E-state index in [9.17, 15) is 0 Å². The van der Waals surface area contributed by atoms with Gasteiger partial charge in [0.05, 0.1) is 33.9 Å². The molecule has 0 saturated heterocycles. The molecule has 386 valence electrons. The highest BCUT2D eigenvalue weighted by molar-refractivity contribution is 6.41. The van der Waals surface area contributed by atoms with E-state index >= 15 is 26.3 Å². The van der Waals surface area contributed by atoms with Crippen molar-refractivity contribution < 1.29 is 26.3 Å². The maximum atomic E-state index is 15.7. The summed E-state index contributed by atoms with van der Waals surface area (Å²) in [6.45, 7) is 3.54. The normalized spacial score (nSPS) is 12.5. The van der Waals surface area contributed by atoms with E-state index in [1.165, 1.54) is 24.3 Å². The molecule has 0 saturated carbocycles. The van der Waals surface area contributed by atoms with E-state index in [1.807, 2.05) is 243 Å². The Morgan fingerprint density at radius 2 is 0.423 bits per heavy atom. The minimum atomic E-state index is -4.76. The van der Waals surface area contributed by atoms with Gasteiger partial charge < -0.3 is 0 Å². The van der Waals surface area contributed by atoms with E-state index in [2.05, 4.69) is 0 Å². The molecule has 0 aliphatic carbocycles. The molecule has 0 spiro atoms. The van der Waals surface area contributed by atoms with Crippen LogP contribution in [0.15, 0.2) is 277 Å². The lowest BCUT2D eigenvalue weighted by molar-refractivity contribution is -0.138. The van der Waals surface area contributed by atoms with Gasteiger partial charge in [0.25, 0.3) is 0 Å². The predicted molar refractivity (Wildman–Crippen MR) is 304 cm³/mol. The topological polar surface area (TPSA) is 24.7 Å². The van der Waals surface area contributed by atoms with Gasteiger partial charge >= 0.3 is 12.4 Å². The van der Waals surface area contributed by atoms with Crippen LogP contribution < -0.4 is 0 Å². The van der Waals surface area contributed by atoms with Crippen LogP contribution in [0.25, 0.3) is 0 Å². The van der Waals surface area contributed by atoms with Gasteiger partial charge in [0, 0.05) is 23.7 Å². The first-order chi connectivity index (χ1) is 37.8. The molecule has 0 unspecified atom stereocenters. The number of rotatable bonds is 15. The maximum absolute atomic E-state index is 15.7. The van der Waals surface area contributed by atoms with Crippen molar-refractivity contribution in [2.24, 2.45) is 9.98 Å². The molecule has 10 aromatic carbocycles. The second kappa shape index (κ2) is 23.2. The Morgan fingerprint density at radius 1 is 0.269 bits per heavy atom. The van der Waals surface area contributed by atoms with Gasteiger partial charge in [-0.3, -0.25) is 9.98 Å². The summed E-state index contributed by atoms with van der Waals surface area (Å²) in [6.07, 6.45) is -9.52. The molecular weight excluding hydrogens is 983 g/mol. The van der Waals surface area contributed by atoms with E-state index < -0.39 is 47.2 Å². The lowest BCUT2D eigenvalue weighted by Gasteiger charge is -2.28. The molecule has 0 fully saturated rings. The summed E-state index contributed by atoms with van der Waals surface area (Å²) < 4.78 is 94.3. The number of nitrogens with zero attached hydrogens (tertiary/aromatic N) is 2. The third-order valence-corrected chi connectivity index (χ3v) is 14.4. The van der Waals surface area contributed by atoms with Crippen LogP contribution in [0.5, 0.6) is 0 Å². The first-order valence-corrected chi connectivity index (χ1v) is 25.8. The zero-order valence-corrected chi connectivity index (χ0v) is 42.9. The Labute approximate surface area is 451 Å². The van der Waals surface area contributed by atoms with Crippen molar-refractivity contribution in [2.75, 3.05) is 0 Å². The first kappa shape index (κ1) is 52.6. The van der Waals surface area contributed by atoms with Gasteiger partial charge in [-0.05, 0) is 105 Å². The Bertz CT molecular complexity index is 3030. The Kier molecular flexibility index (Phi) is 15.6.